The summed E-state index contributed by atoms with van der Waals surface area (Å²) < 4.78 is 44.2. The lowest BCUT2D eigenvalue weighted by Gasteiger charge is -2.27. The second-order valence-corrected chi connectivity index (χ2v) is 13.4. The zero-order valence-electron chi connectivity index (χ0n) is 20.4. The fourth-order valence-corrected chi connectivity index (χ4v) is 7.14. The van der Waals surface area contributed by atoms with Crippen molar-refractivity contribution in [2.75, 3.05) is 24.5 Å². The van der Waals surface area contributed by atoms with Gasteiger partial charge < -0.3 is 38.9 Å². The third-order valence-electron chi connectivity index (χ3n) is 6.24. The Kier molecular flexibility index (Phi) is 9.93. The van der Waals surface area contributed by atoms with Crippen LogP contribution in [0.25, 0.3) is 11.0 Å². The third kappa shape index (κ3) is 7.59. The predicted octanol–water partition coefficient (Wildman–Crippen LogP) is 3.33. The zero-order chi connectivity index (χ0) is 27.5. The van der Waals surface area contributed by atoms with Gasteiger partial charge in [-0.3, -0.25) is 9.13 Å². The van der Waals surface area contributed by atoms with E-state index in [1.807, 2.05) is 11.9 Å². The molecule has 5 N–H and O–H groups in total. The average molecular weight is 585 g/mol. The van der Waals surface area contributed by atoms with Gasteiger partial charge in [0.1, 0.15) is 17.6 Å². The van der Waals surface area contributed by atoms with Crippen molar-refractivity contribution in [2.45, 2.75) is 63.6 Å². The summed E-state index contributed by atoms with van der Waals surface area (Å²) in [5, 5.41) is 21.9. The molecule has 1 aliphatic carbocycles. The number of hydrogen-bond acceptors (Lipinski definition) is 8. The Morgan fingerprint density at radius 1 is 1.30 bits per heavy atom. The van der Waals surface area contributed by atoms with Crippen molar-refractivity contribution < 1.29 is 42.9 Å². The van der Waals surface area contributed by atoms with E-state index in [0.717, 1.165) is 30.3 Å². The summed E-state index contributed by atoms with van der Waals surface area (Å²) in [6, 6.07) is 1.87. The first-order valence-electron chi connectivity index (χ1n) is 11.7. The molecule has 2 aromatic heterocycles. The lowest BCUT2D eigenvalue weighted by atomic mass is 10.0. The maximum atomic E-state index is 15.4. The van der Waals surface area contributed by atoms with E-state index in [1.54, 1.807) is 13.0 Å². The van der Waals surface area contributed by atoms with Crippen LogP contribution in [0.1, 0.15) is 45.3 Å². The van der Waals surface area contributed by atoms with E-state index >= 15 is 4.39 Å². The molecule has 2 aromatic rings. The van der Waals surface area contributed by atoms with Crippen LogP contribution in [0.5, 0.6) is 0 Å². The molecule has 1 unspecified atom stereocenters. The molecule has 4 atom stereocenters. The van der Waals surface area contributed by atoms with Crippen LogP contribution in [-0.2, 0) is 13.7 Å². The van der Waals surface area contributed by atoms with Crippen molar-refractivity contribution in [1.82, 2.24) is 14.5 Å². The highest BCUT2D eigenvalue weighted by atomic mass is 35.5. The normalized spacial score (nSPS) is 19.6. The van der Waals surface area contributed by atoms with Crippen molar-refractivity contribution in [2.24, 2.45) is 0 Å². The van der Waals surface area contributed by atoms with Gasteiger partial charge in [-0.2, -0.15) is 9.97 Å². The molecule has 3 rings (SSSR count). The number of halogens is 2. The largest absolute Gasteiger partial charge is 0.385 e. The van der Waals surface area contributed by atoms with Crippen LogP contribution in [0.2, 0.25) is 5.28 Å². The number of nitrogens with zero attached hydrogens (tertiary/aromatic N) is 4. The molecule has 0 radical (unpaired) electrons. The molecule has 1 fully saturated rings. The molecular formula is C21H32ClFN4O8P2. The lowest BCUT2D eigenvalue weighted by molar-refractivity contribution is -0.0349. The second-order valence-electron chi connectivity index (χ2n) is 9.03. The van der Waals surface area contributed by atoms with E-state index in [1.165, 1.54) is 12.3 Å². The van der Waals surface area contributed by atoms with E-state index in [2.05, 4.69) is 9.97 Å². The maximum absolute atomic E-state index is 15.4. The van der Waals surface area contributed by atoms with Gasteiger partial charge in [-0.05, 0) is 42.5 Å². The number of rotatable bonds is 12. The number of fused-ring (bicyclic) bond motifs is 1. The highest BCUT2D eigenvalue weighted by Crippen LogP contribution is 2.55. The van der Waals surface area contributed by atoms with Crippen molar-refractivity contribution in [3.63, 3.8) is 0 Å². The highest BCUT2D eigenvalue weighted by Gasteiger charge is 2.35. The van der Waals surface area contributed by atoms with Crippen molar-refractivity contribution in [3.8, 4) is 0 Å². The Labute approximate surface area is 218 Å². The van der Waals surface area contributed by atoms with Gasteiger partial charge in [-0.25, -0.2) is 4.39 Å². The fraction of sp³-hybridized carbons (Fsp3) is 0.619. The van der Waals surface area contributed by atoms with E-state index in [4.69, 9.17) is 25.9 Å². The Bertz CT molecular complexity index is 1220. The highest BCUT2D eigenvalue weighted by molar-refractivity contribution is 7.70. The summed E-state index contributed by atoms with van der Waals surface area (Å²) >= 11 is 6.15. The monoisotopic (exact) mass is 584 g/mol. The summed E-state index contributed by atoms with van der Waals surface area (Å²) in [6.45, 7) is 0.873. The predicted molar refractivity (Wildman–Crippen MR) is 136 cm³/mol. The molecule has 2 heterocycles. The van der Waals surface area contributed by atoms with Crippen LogP contribution < -0.4 is 4.90 Å². The van der Waals surface area contributed by atoms with Gasteiger partial charge in [0, 0.05) is 19.3 Å². The number of aliphatic hydroxyl groups is 2. The van der Waals surface area contributed by atoms with E-state index < -0.39 is 46.2 Å². The molecule has 12 nitrogen and oxygen atoms in total. The van der Waals surface area contributed by atoms with Crippen molar-refractivity contribution >= 4 is 43.6 Å². The fourth-order valence-electron chi connectivity index (χ4n) is 4.44. The van der Waals surface area contributed by atoms with Gasteiger partial charge >= 0.3 is 15.2 Å². The van der Waals surface area contributed by atoms with Gasteiger partial charge in [0.25, 0.3) is 0 Å². The summed E-state index contributed by atoms with van der Waals surface area (Å²) in [7, 11) is -7.71. The second kappa shape index (κ2) is 12.2. The topological polar surface area (TPSA) is 178 Å². The minimum Gasteiger partial charge on any atom is -0.385 e. The number of aromatic nitrogens is 3. The smallest absolute Gasteiger partial charge is 0.340 e. The Balaban J connectivity index is 1.83. The van der Waals surface area contributed by atoms with E-state index in [-0.39, 0.29) is 29.0 Å². The molecule has 16 heteroatoms. The summed E-state index contributed by atoms with van der Waals surface area (Å²) in [5.41, 5.74) is -0.0271. The SMILES string of the molecule is CC/C=C(/COP(=O)(O)CP(=O)(O)O)[C@@H](O)[C@H](F)[C@@H](O)n1ccc2c(N(C)C3CCCC3)nc(Cl)nc21. The first-order valence-corrected chi connectivity index (χ1v) is 15.6. The number of anilines is 1. The van der Waals surface area contributed by atoms with Crippen LogP contribution >= 0.6 is 26.8 Å². The van der Waals surface area contributed by atoms with Gasteiger partial charge in [0.15, 0.2) is 18.3 Å². The molecule has 0 aromatic carbocycles. The molecule has 0 spiro atoms. The molecule has 37 heavy (non-hydrogen) atoms. The summed E-state index contributed by atoms with van der Waals surface area (Å²) in [6.07, 6.45) is 0.952. The zero-order valence-corrected chi connectivity index (χ0v) is 22.9. The van der Waals surface area contributed by atoms with Crippen LogP contribution in [0.4, 0.5) is 10.2 Å². The third-order valence-corrected chi connectivity index (χ3v) is 9.85. The Hall–Kier alpha value is -1.40. The molecule has 1 aliphatic rings. The molecule has 1 saturated carbocycles. The standard InChI is InChI=1S/C21H32ClFN4O8P2/c1-3-6-13(11-35-37(33,34)12-36(30,31)32)17(28)16(23)20(29)27-10-9-15-18(24-21(22)25-19(15)27)26(2)14-7-4-5-8-14/h6,9-10,14,16-17,20,28-29H,3-5,7-8,11-12H2,1-2H3,(H,33,34)(H2,30,31,32)/b13-6-/t16-,17+,20+/m0/s1. The van der Waals surface area contributed by atoms with Gasteiger partial charge in [0.05, 0.1) is 12.0 Å². The van der Waals surface area contributed by atoms with Crippen LogP contribution in [-0.4, -0.2) is 77.3 Å². The van der Waals surface area contributed by atoms with Crippen LogP contribution in [0.3, 0.4) is 0 Å². The lowest BCUT2D eigenvalue weighted by Crippen LogP contribution is -2.34. The number of aliphatic hydroxyl groups excluding tert-OH is 2. The van der Waals surface area contributed by atoms with E-state index in [0.29, 0.717) is 11.2 Å². The first kappa shape index (κ1) is 30.1. The summed E-state index contributed by atoms with van der Waals surface area (Å²) in [5.74, 6) is -0.891. The molecule has 208 valence electrons. The number of alkyl halides is 1. The minimum absolute atomic E-state index is 0.0980. The average Bonchev–Trinajstić information content (AvgIpc) is 3.48. The first-order chi connectivity index (χ1) is 17.2. The maximum Gasteiger partial charge on any atom is 0.340 e. The number of allylic oxidation sites excluding steroid dienone is 1. The Morgan fingerprint density at radius 3 is 2.54 bits per heavy atom. The molecular weight excluding hydrogens is 553 g/mol. The van der Waals surface area contributed by atoms with Crippen molar-refractivity contribution in [3.05, 3.63) is 29.2 Å². The van der Waals surface area contributed by atoms with Gasteiger partial charge in [-0.15, -0.1) is 0 Å². The van der Waals surface area contributed by atoms with Gasteiger partial charge in [-0.1, -0.05) is 25.8 Å². The van der Waals surface area contributed by atoms with Gasteiger partial charge in [0.2, 0.25) is 5.28 Å². The van der Waals surface area contributed by atoms with Crippen molar-refractivity contribution in [1.29, 1.82) is 0 Å². The molecule has 0 saturated heterocycles. The molecule has 0 aliphatic heterocycles. The summed E-state index contributed by atoms with van der Waals surface area (Å²) in [4.78, 5) is 38.0. The quantitative estimate of drug-likeness (QED) is 0.140. The van der Waals surface area contributed by atoms with Crippen LogP contribution in [0.15, 0.2) is 23.9 Å². The molecule has 0 bridgehead atoms. The minimum atomic E-state index is -4.86. The van der Waals surface area contributed by atoms with E-state index in [9.17, 15) is 24.2 Å². The number of hydrogen-bond donors (Lipinski definition) is 5. The molecule has 0 amide bonds. The van der Waals surface area contributed by atoms with Crippen LogP contribution in [0, 0.1) is 0 Å². The Morgan fingerprint density at radius 2 is 1.95 bits per heavy atom.